The van der Waals surface area contributed by atoms with E-state index in [0.29, 0.717) is 24.9 Å². The maximum Gasteiger partial charge on any atom is 0.191 e. The lowest BCUT2D eigenvalue weighted by Gasteiger charge is -2.25. The molecule has 0 bridgehead atoms. The van der Waals surface area contributed by atoms with Gasteiger partial charge in [-0.1, -0.05) is 24.4 Å². The third-order valence-electron chi connectivity index (χ3n) is 5.41. The summed E-state index contributed by atoms with van der Waals surface area (Å²) in [6.45, 7) is 4.97. The number of nitrogens with zero attached hydrogens (tertiary/aromatic N) is 2. The first-order valence-corrected chi connectivity index (χ1v) is 11.4. The summed E-state index contributed by atoms with van der Waals surface area (Å²) in [4.78, 5) is 4.72. The first-order chi connectivity index (χ1) is 12.4. The molecule has 0 radical (unpaired) electrons. The molecule has 2 heterocycles. The molecule has 0 aromatic carbocycles. The number of guanidine groups is 1. The fourth-order valence-corrected chi connectivity index (χ4v) is 5.61. The number of nitrogens with one attached hydrogen (secondary N) is 2. The van der Waals surface area contributed by atoms with E-state index in [4.69, 9.17) is 9.52 Å². The number of rotatable bonds is 5. The summed E-state index contributed by atoms with van der Waals surface area (Å²) in [5.74, 6) is 2.31. The predicted molar refractivity (Wildman–Crippen MR) is 102 cm³/mol. The summed E-state index contributed by atoms with van der Waals surface area (Å²) >= 11 is 0. The summed E-state index contributed by atoms with van der Waals surface area (Å²) in [7, 11) is -2.85. The third-order valence-corrected chi connectivity index (χ3v) is 7.24. The highest BCUT2D eigenvalue weighted by atomic mass is 32.2. The molecule has 26 heavy (non-hydrogen) atoms. The van der Waals surface area contributed by atoms with Crippen molar-refractivity contribution in [3.63, 3.8) is 0 Å². The van der Waals surface area contributed by atoms with Gasteiger partial charge in [0.25, 0.3) is 0 Å². The second kappa shape index (κ2) is 8.41. The Morgan fingerprint density at radius 3 is 2.62 bits per heavy atom. The number of hydrogen-bond acceptors (Lipinski definition) is 5. The standard InChI is InChI=1S/C18H30N4O3S/c1-13-17(14(2)25-22-13)11-20-18(21-16-6-4-3-5-7-16)19-10-15-8-9-26(23,24)12-15/h15-16H,3-12H2,1-2H3,(H2,19,20,21). The molecule has 1 saturated heterocycles. The van der Waals surface area contributed by atoms with Crippen molar-refractivity contribution in [3.05, 3.63) is 17.0 Å². The topological polar surface area (TPSA) is 96.6 Å². The van der Waals surface area contributed by atoms with Gasteiger partial charge in [0.15, 0.2) is 15.8 Å². The molecule has 1 aliphatic heterocycles. The summed E-state index contributed by atoms with van der Waals surface area (Å²) in [6.07, 6.45) is 6.84. The minimum absolute atomic E-state index is 0.164. The Labute approximate surface area is 155 Å². The van der Waals surface area contributed by atoms with Gasteiger partial charge in [0.1, 0.15) is 5.76 Å². The Hall–Kier alpha value is -1.57. The van der Waals surface area contributed by atoms with Crippen molar-refractivity contribution in [2.45, 2.75) is 65.0 Å². The Morgan fingerprint density at radius 1 is 1.23 bits per heavy atom. The largest absolute Gasteiger partial charge is 0.361 e. The summed E-state index contributed by atoms with van der Waals surface area (Å²) in [5, 5.41) is 10.9. The highest BCUT2D eigenvalue weighted by molar-refractivity contribution is 7.91. The van der Waals surface area contributed by atoms with Crippen LogP contribution in [-0.2, 0) is 16.4 Å². The van der Waals surface area contributed by atoms with Gasteiger partial charge < -0.3 is 15.2 Å². The molecule has 7 nitrogen and oxygen atoms in total. The van der Waals surface area contributed by atoms with Gasteiger partial charge in [0.05, 0.1) is 23.7 Å². The van der Waals surface area contributed by atoms with E-state index in [9.17, 15) is 8.42 Å². The minimum Gasteiger partial charge on any atom is -0.361 e. The molecule has 2 fully saturated rings. The van der Waals surface area contributed by atoms with Crippen LogP contribution in [0.1, 0.15) is 55.5 Å². The van der Waals surface area contributed by atoms with Crippen LogP contribution in [0, 0.1) is 19.8 Å². The maximum atomic E-state index is 11.7. The highest BCUT2D eigenvalue weighted by Crippen LogP contribution is 2.19. The SMILES string of the molecule is Cc1noc(C)c1CN=C(NCC1CCS(=O)(=O)C1)NC1CCCCC1. The Kier molecular flexibility index (Phi) is 6.21. The second-order valence-corrected chi connectivity index (χ2v) is 9.83. The van der Waals surface area contributed by atoms with E-state index in [-0.39, 0.29) is 11.7 Å². The molecule has 1 unspecified atom stereocenters. The molecule has 0 amide bonds. The van der Waals surface area contributed by atoms with Crippen LogP contribution in [0.15, 0.2) is 9.52 Å². The van der Waals surface area contributed by atoms with Crippen LogP contribution in [0.25, 0.3) is 0 Å². The van der Waals surface area contributed by atoms with Gasteiger partial charge in [-0.05, 0) is 39.0 Å². The molecule has 146 valence electrons. The quantitative estimate of drug-likeness (QED) is 0.598. The average molecular weight is 383 g/mol. The predicted octanol–water partition coefficient (Wildman–Crippen LogP) is 2.09. The molecule has 2 aliphatic rings. The average Bonchev–Trinajstić information content (AvgIpc) is 3.13. The van der Waals surface area contributed by atoms with Crippen molar-refractivity contribution >= 4 is 15.8 Å². The van der Waals surface area contributed by atoms with Crippen molar-refractivity contribution in [2.24, 2.45) is 10.9 Å². The normalized spacial score (nSPS) is 23.9. The molecule has 1 aromatic heterocycles. The van der Waals surface area contributed by atoms with E-state index >= 15 is 0 Å². The third kappa shape index (κ3) is 5.22. The fourth-order valence-electron chi connectivity index (χ4n) is 3.75. The van der Waals surface area contributed by atoms with E-state index in [1.165, 1.54) is 19.3 Å². The molecule has 1 saturated carbocycles. The summed E-state index contributed by atoms with van der Waals surface area (Å²) in [5.41, 5.74) is 1.88. The summed E-state index contributed by atoms with van der Waals surface area (Å²) in [6, 6.07) is 0.437. The fraction of sp³-hybridized carbons (Fsp3) is 0.778. The van der Waals surface area contributed by atoms with Crippen LogP contribution in [0.4, 0.5) is 0 Å². The van der Waals surface area contributed by atoms with E-state index in [0.717, 1.165) is 42.2 Å². The Bertz CT molecular complexity index is 716. The van der Waals surface area contributed by atoms with Gasteiger partial charge in [-0.2, -0.15) is 0 Å². The first kappa shape index (κ1) is 19.2. The number of aliphatic imine (C=N–C) groups is 1. The van der Waals surface area contributed by atoms with Crippen LogP contribution in [-0.4, -0.2) is 43.6 Å². The van der Waals surface area contributed by atoms with Gasteiger partial charge in [-0.3, -0.25) is 0 Å². The monoisotopic (exact) mass is 382 g/mol. The van der Waals surface area contributed by atoms with E-state index in [2.05, 4.69) is 15.8 Å². The molecule has 1 aromatic rings. The van der Waals surface area contributed by atoms with Gasteiger partial charge in [-0.25, -0.2) is 13.4 Å². The molecule has 2 N–H and O–H groups in total. The number of sulfone groups is 1. The molecular formula is C18H30N4O3S. The highest BCUT2D eigenvalue weighted by Gasteiger charge is 2.28. The molecule has 8 heteroatoms. The van der Waals surface area contributed by atoms with E-state index in [1.807, 2.05) is 13.8 Å². The van der Waals surface area contributed by atoms with Crippen LogP contribution in [0.5, 0.6) is 0 Å². The molecular weight excluding hydrogens is 352 g/mol. The van der Waals surface area contributed by atoms with E-state index in [1.54, 1.807) is 0 Å². The zero-order valence-corrected chi connectivity index (χ0v) is 16.6. The van der Waals surface area contributed by atoms with Crippen molar-refractivity contribution in [1.29, 1.82) is 0 Å². The van der Waals surface area contributed by atoms with Gasteiger partial charge >= 0.3 is 0 Å². The lowest BCUT2D eigenvalue weighted by Crippen LogP contribution is -2.45. The van der Waals surface area contributed by atoms with Crippen LogP contribution in [0.3, 0.4) is 0 Å². The van der Waals surface area contributed by atoms with Crippen LogP contribution < -0.4 is 10.6 Å². The summed E-state index contributed by atoms with van der Waals surface area (Å²) < 4.78 is 28.6. The lowest BCUT2D eigenvalue weighted by molar-refractivity contribution is 0.392. The molecule has 0 spiro atoms. The van der Waals surface area contributed by atoms with E-state index < -0.39 is 9.84 Å². The maximum absolute atomic E-state index is 11.7. The van der Waals surface area contributed by atoms with Crippen molar-refractivity contribution < 1.29 is 12.9 Å². The zero-order chi connectivity index (χ0) is 18.6. The van der Waals surface area contributed by atoms with Crippen molar-refractivity contribution in [3.8, 4) is 0 Å². The van der Waals surface area contributed by atoms with Gasteiger partial charge in [-0.15, -0.1) is 0 Å². The number of aryl methyl sites for hydroxylation is 2. The van der Waals surface area contributed by atoms with Crippen LogP contribution >= 0.6 is 0 Å². The van der Waals surface area contributed by atoms with Gasteiger partial charge in [0, 0.05) is 18.2 Å². The number of aromatic nitrogens is 1. The van der Waals surface area contributed by atoms with Crippen LogP contribution in [0.2, 0.25) is 0 Å². The zero-order valence-electron chi connectivity index (χ0n) is 15.8. The van der Waals surface area contributed by atoms with Crippen molar-refractivity contribution in [2.75, 3.05) is 18.1 Å². The first-order valence-electron chi connectivity index (χ1n) is 9.60. The Morgan fingerprint density at radius 2 is 2.00 bits per heavy atom. The molecule has 1 atom stereocenters. The van der Waals surface area contributed by atoms with Gasteiger partial charge in [0.2, 0.25) is 0 Å². The van der Waals surface area contributed by atoms with Crippen molar-refractivity contribution in [1.82, 2.24) is 15.8 Å². The Balaban J connectivity index is 1.63. The lowest BCUT2D eigenvalue weighted by atomic mass is 9.96. The second-order valence-electron chi connectivity index (χ2n) is 7.60. The molecule has 1 aliphatic carbocycles. The molecule has 3 rings (SSSR count). The smallest absolute Gasteiger partial charge is 0.191 e. The minimum atomic E-state index is -2.85. The number of hydrogen-bond donors (Lipinski definition) is 2.